The Kier molecular flexibility index (Phi) is 8.47. The lowest BCUT2D eigenvalue weighted by Crippen LogP contribution is -2.49. The molecule has 0 spiro atoms. The van der Waals surface area contributed by atoms with Crippen LogP contribution in [0.2, 0.25) is 0 Å². The van der Waals surface area contributed by atoms with Crippen molar-refractivity contribution in [3.05, 3.63) is 72.3 Å². The van der Waals surface area contributed by atoms with Crippen molar-refractivity contribution in [3.8, 4) is 28.8 Å². The van der Waals surface area contributed by atoms with Gasteiger partial charge in [0.15, 0.2) is 5.65 Å². The number of morpholine rings is 1. The van der Waals surface area contributed by atoms with Gasteiger partial charge >= 0.3 is 0 Å². The molecule has 0 aliphatic carbocycles. The van der Waals surface area contributed by atoms with Crippen LogP contribution in [0, 0.1) is 17.1 Å². The Morgan fingerprint density at radius 2 is 1.93 bits per heavy atom. The first-order chi connectivity index (χ1) is 21.7. The number of likely N-dealkylation sites (tertiary alicyclic amines) is 1. The van der Waals surface area contributed by atoms with Crippen molar-refractivity contribution in [2.45, 2.75) is 44.8 Å². The molecular formula is C33H35FN8O3. The number of benzene rings is 2. The number of nitriles is 1. The second-order valence-corrected chi connectivity index (χ2v) is 11.8. The van der Waals surface area contributed by atoms with E-state index in [1.807, 2.05) is 32.0 Å². The molecule has 11 nitrogen and oxygen atoms in total. The second-order valence-electron chi connectivity index (χ2n) is 11.8. The summed E-state index contributed by atoms with van der Waals surface area (Å²) >= 11 is 0. The Balaban J connectivity index is 1.28. The standard InChI is InChI=1S/C33H35FN8O3/c1-33(2,40-13-15-44-16-14-40)18-22(19-35)32(43)41-12-6-7-23(41)20-42-31-28(30(36)37-21-38-31)29(39-42)26-11-10-25(17-27(26)34)45-24-8-4-3-5-9-24/h3-5,8-11,17-18,21,23H,6-7,12-16,20H2,1-2H3,(H2,36,37,38)/b22-18+/t23-/m0/s1. The van der Waals surface area contributed by atoms with E-state index in [1.54, 1.807) is 39.9 Å². The fourth-order valence-electron chi connectivity index (χ4n) is 6.10. The molecule has 2 aromatic heterocycles. The maximum atomic E-state index is 15.6. The van der Waals surface area contributed by atoms with E-state index in [1.165, 1.54) is 12.4 Å². The van der Waals surface area contributed by atoms with E-state index in [-0.39, 0.29) is 28.9 Å². The van der Waals surface area contributed by atoms with Gasteiger partial charge in [-0.1, -0.05) is 18.2 Å². The van der Waals surface area contributed by atoms with Gasteiger partial charge in [-0.15, -0.1) is 0 Å². The van der Waals surface area contributed by atoms with Gasteiger partial charge in [0.1, 0.15) is 46.8 Å². The summed E-state index contributed by atoms with van der Waals surface area (Å²) < 4.78 is 28.5. The lowest BCUT2D eigenvalue weighted by Gasteiger charge is -2.39. The van der Waals surface area contributed by atoms with E-state index < -0.39 is 11.4 Å². The van der Waals surface area contributed by atoms with E-state index in [4.69, 9.17) is 20.3 Å². The Morgan fingerprint density at radius 3 is 2.67 bits per heavy atom. The van der Waals surface area contributed by atoms with Gasteiger partial charge in [0.05, 0.1) is 31.2 Å². The van der Waals surface area contributed by atoms with Crippen LogP contribution in [0.1, 0.15) is 26.7 Å². The summed E-state index contributed by atoms with van der Waals surface area (Å²) in [7, 11) is 0. The summed E-state index contributed by atoms with van der Waals surface area (Å²) in [5.74, 6) is 0.250. The van der Waals surface area contributed by atoms with E-state index in [0.717, 1.165) is 19.5 Å². The largest absolute Gasteiger partial charge is 0.457 e. The maximum Gasteiger partial charge on any atom is 0.264 e. The van der Waals surface area contributed by atoms with Crippen molar-refractivity contribution in [2.75, 3.05) is 38.6 Å². The number of rotatable bonds is 8. The predicted molar refractivity (Wildman–Crippen MR) is 167 cm³/mol. The maximum absolute atomic E-state index is 15.6. The fraction of sp³-hybridized carbons (Fsp3) is 0.364. The third-order valence-electron chi connectivity index (χ3n) is 8.43. The molecule has 4 heterocycles. The van der Waals surface area contributed by atoms with Crippen LogP contribution in [0.15, 0.2) is 66.5 Å². The quantitative estimate of drug-likeness (QED) is 0.225. The number of carbonyl (C=O) groups is 1. The summed E-state index contributed by atoms with van der Waals surface area (Å²) in [6.07, 6.45) is 4.60. The lowest BCUT2D eigenvalue weighted by molar-refractivity contribution is -0.127. The minimum atomic E-state index is -0.539. The zero-order valence-electron chi connectivity index (χ0n) is 25.3. The van der Waals surface area contributed by atoms with Crippen molar-refractivity contribution >= 4 is 22.8 Å². The zero-order chi connectivity index (χ0) is 31.6. The minimum absolute atomic E-state index is 0.107. The third kappa shape index (κ3) is 6.22. The molecular weight excluding hydrogens is 575 g/mol. The minimum Gasteiger partial charge on any atom is -0.457 e. The van der Waals surface area contributed by atoms with Crippen LogP contribution >= 0.6 is 0 Å². The zero-order valence-corrected chi connectivity index (χ0v) is 25.3. The summed E-state index contributed by atoms with van der Waals surface area (Å²) in [5, 5.41) is 15.2. The molecule has 0 radical (unpaired) electrons. The summed E-state index contributed by atoms with van der Waals surface area (Å²) in [6.45, 7) is 7.51. The molecule has 4 aromatic rings. The molecule has 2 fully saturated rings. The number of ether oxygens (including phenoxy) is 2. The normalized spacial score (nSPS) is 17.9. The van der Waals surface area contributed by atoms with Gasteiger partial charge in [0.2, 0.25) is 0 Å². The number of fused-ring (bicyclic) bond motifs is 1. The number of hydrogen-bond acceptors (Lipinski definition) is 9. The monoisotopic (exact) mass is 610 g/mol. The molecule has 1 amide bonds. The van der Waals surface area contributed by atoms with Gasteiger partial charge in [-0.25, -0.2) is 19.0 Å². The molecule has 6 rings (SSSR count). The predicted octanol–water partition coefficient (Wildman–Crippen LogP) is 4.56. The van der Waals surface area contributed by atoms with Crippen LogP contribution < -0.4 is 10.5 Å². The number of halogens is 1. The number of para-hydroxylation sites is 1. The summed E-state index contributed by atoms with van der Waals surface area (Å²) in [5.41, 5.74) is 6.85. The number of anilines is 1. The van der Waals surface area contributed by atoms with E-state index in [2.05, 4.69) is 20.9 Å². The average Bonchev–Trinajstić information content (AvgIpc) is 3.66. The first kappa shape index (κ1) is 30.2. The Morgan fingerprint density at radius 1 is 1.16 bits per heavy atom. The molecule has 0 saturated carbocycles. The first-order valence-electron chi connectivity index (χ1n) is 15.0. The van der Waals surface area contributed by atoms with Crippen LogP contribution in [0.25, 0.3) is 22.3 Å². The second kappa shape index (κ2) is 12.6. The number of nitrogens with zero attached hydrogens (tertiary/aromatic N) is 7. The van der Waals surface area contributed by atoms with Gasteiger partial charge in [-0.2, -0.15) is 10.4 Å². The third-order valence-corrected chi connectivity index (χ3v) is 8.43. The van der Waals surface area contributed by atoms with Crippen LogP contribution in [0.5, 0.6) is 11.5 Å². The molecule has 45 heavy (non-hydrogen) atoms. The van der Waals surface area contributed by atoms with E-state index in [9.17, 15) is 10.1 Å². The van der Waals surface area contributed by atoms with Crippen LogP contribution in [-0.2, 0) is 16.1 Å². The molecule has 2 aromatic carbocycles. The SMILES string of the molecule is CC(C)(/C=C(\C#N)C(=O)N1CCC[C@H]1Cn1nc(-c2ccc(Oc3ccccc3)cc2F)c2c(N)ncnc21)N1CCOCC1. The van der Waals surface area contributed by atoms with Crippen molar-refractivity contribution in [1.29, 1.82) is 5.26 Å². The molecule has 2 aliphatic heterocycles. The van der Waals surface area contributed by atoms with Gasteiger partial charge in [0.25, 0.3) is 5.91 Å². The number of nitrogens with two attached hydrogens (primary N) is 1. The summed E-state index contributed by atoms with van der Waals surface area (Å²) in [4.78, 5) is 26.3. The number of carbonyl (C=O) groups excluding carboxylic acids is 1. The highest BCUT2D eigenvalue weighted by Gasteiger charge is 2.34. The topological polar surface area (TPSA) is 135 Å². The lowest BCUT2D eigenvalue weighted by atomic mass is 9.97. The first-order valence-corrected chi connectivity index (χ1v) is 15.0. The molecule has 232 valence electrons. The molecule has 2 aliphatic rings. The smallest absolute Gasteiger partial charge is 0.264 e. The van der Waals surface area contributed by atoms with E-state index >= 15 is 4.39 Å². The number of amides is 1. The number of hydrogen-bond donors (Lipinski definition) is 1. The molecule has 0 bridgehead atoms. The Bertz CT molecular complexity index is 1780. The molecule has 1 atom stereocenters. The highest BCUT2D eigenvalue weighted by molar-refractivity contribution is 5.99. The molecule has 2 N–H and O–H groups in total. The molecule has 12 heteroatoms. The van der Waals surface area contributed by atoms with Crippen molar-refractivity contribution < 1.29 is 18.7 Å². The fourth-order valence-corrected chi connectivity index (χ4v) is 6.10. The van der Waals surface area contributed by atoms with Crippen LogP contribution in [0.4, 0.5) is 10.2 Å². The van der Waals surface area contributed by atoms with Crippen molar-refractivity contribution in [3.63, 3.8) is 0 Å². The van der Waals surface area contributed by atoms with Gasteiger partial charge in [-0.3, -0.25) is 9.69 Å². The highest BCUT2D eigenvalue weighted by atomic mass is 19.1. The van der Waals surface area contributed by atoms with Crippen molar-refractivity contribution in [1.82, 2.24) is 29.5 Å². The molecule has 0 unspecified atom stereocenters. The van der Waals surface area contributed by atoms with Gasteiger partial charge in [0, 0.05) is 36.8 Å². The van der Waals surface area contributed by atoms with Gasteiger partial charge in [-0.05, 0) is 57.0 Å². The van der Waals surface area contributed by atoms with E-state index in [0.29, 0.717) is 61.0 Å². The average molecular weight is 611 g/mol. The molecule has 2 saturated heterocycles. The highest BCUT2D eigenvalue weighted by Crippen LogP contribution is 2.35. The Hall–Kier alpha value is -4.86. The summed E-state index contributed by atoms with van der Waals surface area (Å²) in [6, 6.07) is 15.6. The Labute approximate surface area is 260 Å². The number of nitrogen functional groups attached to an aromatic ring is 1. The van der Waals surface area contributed by atoms with Gasteiger partial charge < -0.3 is 20.1 Å². The number of aromatic nitrogens is 4. The van der Waals surface area contributed by atoms with Crippen LogP contribution in [0.3, 0.4) is 0 Å². The van der Waals surface area contributed by atoms with Crippen molar-refractivity contribution in [2.24, 2.45) is 0 Å². The van der Waals surface area contributed by atoms with Crippen LogP contribution in [-0.4, -0.2) is 79.9 Å².